The van der Waals surface area contributed by atoms with Crippen molar-refractivity contribution in [2.24, 2.45) is 0 Å². The Hall–Kier alpha value is -2.04. The van der Waals surface area contributed by atoms with Crippen LogP contribution in [0.5, 0.6) is 5.75 Å². The molecule has 0 aliphatic carbocycles. The number of nitrogens with zero attached hydrogens (tertiary/aromatic N) is 1. The van der Waals surface area contributed by atoms with Crippen molar-refractivity contribution in [1.82, 2.24) is 0 Å². The van der Waals surface area contributed by atoms with Gasteiger partial charge in [0.05, 0.1) is 11.5 Å². The lowest BCUT2D eigenvalue weighted by Crippen LogP contribution is -2.11. The van der Waals surface area contributed by atoms with E-state index in [2.05, 4.69) is 11.9 Å². The summed E-state index contributed by atoms with van der Waals surface area (Å²) in [4.78, 5) is 10.3. The lowest BCUT2D eigenvalue weighted by Gasteiger charge is -2.12. The molecule has 0 fully saturated rings. The van der Waals surface area contributed by atoms with Crippen LogP contribution in [0.1, 0.15) is 13.8 Å². The molecule has 5 heteroatoms. The van der Waals surface area contributed by atoms with Crippen LogP contribution in [-0.4, -0.2) is 17.6 Å². The van der Waals surface area contributed by atoms with E-state index in [4.69, 9.17) is 4.74 Å². The van der Waals surface area contributed by atoms with Crippen LogP contribution >= 0.6 is 0 Å². The van der Waals surface area contributed by atoms with E-state index in [1.54, 1.807) is 25.1 Å². The summed E-state index contributed by atoms with van der Waals surface area (Å²) in [5.74, 6) is 0.277. The van der Waals surface area contributed by atoms with E-state index in [0.717, 1.165) is 5.69 Å². The minimum Gasteiger partial charge on any atom is -0.487 e. The Balaban J connectivity index is 3.00. The predicted octanol–water partition coefficient (Wildman–Crippen LogP) is 2.98. The third-order valence-electron chi connectivity index (χ3n) is 2.20. The summed E-state index contributed by atoms with van der Waals surface area (Å²) in [6.07, 6.45) is 1.75. The van der Waals surface area contributed by atoms with Crippen LogP contribution in [0.3, 0.4) is 0 Å². The molecular weight excluding hydrogens is 220 g/mol. The Morgan fingerprint density at radius 2 is 2.35 bits per heavy atom. The van der Waals surface area contributed by atoms with Gasteiger partial charge in [-0.05, 0) is 19.9 Å². The molecule has 0 saturated carbocycles. The Bertz CT molecular complexity index is 418. The van der Waals surface area contributed by atoms with Crippen LogP contribution in [0.4, 0.5) is 11.4 Å². The number of hydrogen-bond acceptors (Lipinski definition) is 4. The number of nitro benzene ring substituents is 1. The van der Waals surface area contributed by atoms with Gasteiger partial charge in [0.2, 0.25) is 0 Å². The van der Waals surface area contributed by atoms with Crippen LogP contribution in [0, 0.1) is 10.1 Å². The minimum absolute atomic E-state index is 0.0244. The Morgan fingerprint density at radius 3 is 2.88 bits per heavy atom. The first-order chi connectivity index (χ1) is 8.08. The summed E-state index contributed by atoms with van der Waals surface area (Å²) in [6.45, 7) is 7.78. The summed E-state index contributed by atoms with van der Waals surface area (Å²) in [5, 5.41) is 13.9. The molecule has 1 unspecified atom stereocenters. The first-order valence-electron chi connectivity index (χ1n) is 5.38. The predicted molar refractivity (Wildman–Crippen MR) is 67.5 cm³/mol. The van der Waals surface area contributed by atoms with E-state index in [-0.39, 0.29) is 17.5 Å². The normalized spacial score (nSPS) is 11.6. The number of anilines is 1. The molecule has 92 valence electrons. The van der Waals surface area contributed by atoms with Crippen LogP contribution in [0.2, 0.25) is 0 Å². The largest absolute Gasteiger partial charge is 0.487 e. The maximum atomic E-state index is 10.8. The van der Waals surface area contributed by atoms with E-state index >= 15 is 0 Å². The molecule has 1 aromatic carbocycles. The van der Waals surface area contributed by atoms with Gasteiger partial charge in [0.15, 0.2) is 5.75 Å². The highest BCUT2D eigenvalue weighted by atomic mass is 16.6. The van der Waals surface area contributed by atoms with Crippen molar-refractivity contribution in [1.29, 1.82) is 0 Å². The summed E-state index contributed by atoms with van der Waals surface area (Å²) in [6, 6.07) is 4.80. The highest BCUT2D eigenvalue weighted by molar-refractivity contribution is 5.58. The fourth-order valence-electron chi connectivity index (χ4n) is 1.35. The molecule has 0 aromatic heterocycles. The molecule has 1 aromatic rings. The second-order valence-corrected chi connectivity index (χ2v) is 3.54. The van der Waals surface area contributed by atoms with E-state index in [0.29, 0.717) is 6.61 Å². The molecule has 0 bridgehead atoms. The number of nitro groups is 1. The molecule has 0 heterocycles. The number of ether oxygens (including phenoxy) is 1. The molecule has 1 rings (SSSR count). The lowest BCUT2D eigenvalue weighted by atomic mass is 10.2. The maximum Gasteiger partial charge on any atom is 0.311 e. The van der Waals surface area contributed by atoms with E-state index in [1.807, 2.05) is 6.92 Å². The molecule has 0 spiro atoms. The molecular formula is C12H16N2O3. The van der Waals surface area contributed by atoms with Gasteiger partial charge >= 0.3 is 5.69 Å². The Kier molecular flexibility index (Phi) is 4.51. The van der Waals surface area contributed by atoms with Crippen molar-refractivity contribution in [2.45, 2.75) is 19.9 Å². The summed E-state index contributed by atoms with van der Waals surface area (Å²) in [5.41, 5.74) is 0.745. The lowest BCUT2D eigenvalue weighted by molar-refractivity contribution is -0.385. The zero-order valence-electron chi connectivity index (χ0n) is 9.97. The second-order valence-electron chi connectivity index (χ2n) is 3.54. The van der Waals surface area contributed by atoms with Gasteiger partial charge in [0.25, 0.3) is 0 Å². The van der Waals surface area contributed by atoms with Crippen LogP contribution in [0.25, 0.3) is 0 Å². The van der Waals surface area contributed by atoms with Gasteiger partial charge in [0, 0.05) is 23.9 Å². The third kappa shape index (κ3) is 3.48. The molecule has 0 amide bonds. The van der Waals surface area contributed by atoms with Gasteiger partial charge in [-0.3, -0.25) is 10.1 Å². The van der Waals surface area contributed by atoms with E-state index in [9.17, 15) is 10.1 Å². The highest BCUT2D eigenvalue weighted by Crippen LogP contribution is 2.30. The van der Waals surface area contributed by atoms with Gasteiger partial charge < -0.3 is 10.1 Å². The summed E-state index contributed by atoms with van der Waals surface area (Å²) < 4.78 is 5.25. The average Bonchev–Trinajstić information content (AvgIpc) is 2.29. The Labute approximate surface area is 100 Å². The van der Waals surface area contributed by atoms with Gasteiger partial charge in [-0.1, -0.05) is 6.08 Å². The molecule has 17 heavy (non-hydrogen) atoms. The Morgan fingerprint density at radius 1 is 1.65 bits per heavy atom. The SMILES string of the molecule is C=CC(C)Nc1ccc([N+](=O)[O-])c(OCC)c1. The fraction of sp³-hybridized carbons (Fsp3) is 0.333. The molecule has 0 aliphatic rings. The van der Waals surface area contributed by atoms with Crippen LogP contribution in [0.15, 0.2) is 30.9 Å². The zero-order chi connectivity index (χ0) is 12.8. The topological polar surface area (TPSA) is 64.4 Å². The smallest absolute Gasteiger partial charge is 0.311 e. The molecule has 1 N–H and O–H groups in total. The molecule has 0 saturated heterocycles. The molecule has 0 radical (unpaired) electrons. The van der Waals surface area contributed by atoms with Gasteiger partial charge in [-0.15, -0.1) is 6.58 Å². The van der Waals surface area contributed by atoms with Crippen molar-refractivity contribution in [3.63, 3.8) is 0 Å². The molecule has 0 aliphatic heterocycles. The van der Waals surface area contributed by atoms with E-state index < -0.39 is 4.92 Å². The molecule has 1 atom stereocenters. The average molecular weight is 236 g/mol. The summed E-state index contributed by atoms with van der Waals surface area (Å²) in [7, 11) is 0. The first kappa shape index (κ1) is 13.0. The van der Waals surface area contributed by atoms with Gasteiger partial charge in [-0.25, -0.2) is 0 Å². The maximum absolute atomic E-state index is 10.8. The second kappa shape index (κ2) is 5.89. The number of hydrogen-bond donors (Lipinski definition) is 1. The number of rotatable bonds is 6. The van der Waals surface area contributed by atoms with Crippen molar-refractivity contribution < 1.29 is 9.66 Å². The minimum atomic E-state index is -0.453. The highest BCUT2D eigenvalue weighted by Gasteiger charge is 2.15. The van der Waals surface area contributed by atoms with Crippen LogP contribution < -0.4 is 10.1 Å². The quantitative estimate of drug-likeness (QED) is 0.468. The monoisotopic (exact) mass is 236 g/mol. The van der Waals surface area contributed by atoms with Gasteiger partial charge in [0.1, 0.15) is 0 Å². The first-order valence-corrected chi connectivity index (χ1v) is 5.38. The molecule has 5 nitrogen and oxygen atoms in total. The number of benzene rings is 1. The van der Waals surface area contributed by atoms with Crippen molar-refractivity contribution >= 4 is 11.4 Å². The van der Waals surface area contributed by atoms with E-state index in [1.165, 1.54) is 6.07 Å². The van der Waals surface area contributed by atoms with Crippen molar-refractivity contribution in [3.05, 3.63) is 41.0 Å². The van der Waals surface area contributed by atoms with Gasteiger partial charge in [-0.2, -0.15) is 0 Å². The summed E-state index contributed by atoms with van der Waals surface area (Å²) >= 11 is 0. The van der Waals surface area contributed by atoms with Crippen molar-refractivity contribution in [3.8, 4) is 5.75 Å². The zero-order valence-corrected chi connectivity index (χ0v) is 9.97. The van der Waals surface area contributed by atoms with Crippen LogP contribution in [-0.2, 0) is 0 Å². The van der Waals surface area contributed by atoms with Crippen molar-refractivity contribution in [2.75, 3.05) is 11.9 Å². The third-order valence-corrected chi connectivity index (χ3v) is 2.20. The standard InChI is InChI=1S/C12H16N2O3/c1-4-9(3)13-10-6-7-11(14(15)16)12(8-10)17-5-2/h4,6-9,13H,1,5H2,2-3H3. The number of nitrogens with one attached hydrogen (secondary N) is 1. The fourth-order valence-corrected chi connectivity index (χ4v) is 1.35.